The van der Waals surface area contributed by atoms with Gasteiger partial charge in [0.25, 0.3) is 5.91 Å². The van der Waals surface area contributed by atoms with Crippen LogP contribution in [0.15, 0.2) is 48.7 Å². The highest BCUT2D eigenvalue weighted by Crippen LogP contribution is 2.22. The number of nitrogens with one attached hydrogen (secondary N) is 2. The minimum Gasteiger partial charge on any atom is -0.394 e. The van der Waals surface area contributed by atoms with Crippen molar-refractivity contribution in [2.24, 2.45) is 0 Å². The molecule has 0 saturated heterocycles. The number of nitrogens with zero attached hydrogens (tertiary/aromatic N) is 1. The van der Waals surface area contributed by atoms with Gasteiger partial charge in [0.15, 0.2) is 0 Å². The summed E-state index contributed by atoms with van der Waals surface area (Å²) in [6.45, 7) is 3.62. The molecule has 1 aromatic heterocycles. The van der Waals surface area contributed by atoms with Crippen molar-refractivity contribution in [3.63, 3.8) is 0 Å². The number of hydrogen-bond acceptors (Lipinski definition) is 4. The van der Waals surface area contributed by atoms with Gasteiger partial charge in [-0.2, -0.15) is 0 Å². The van der Waals surface area contributed by atoms with Gasteiger partial charge in [0, 0.05) is 23.2 Å². The Morgan fingerprint density at radius 2 is 1.96 bits per heavy atom. The van der Waals surface area contributed by atoms with Crippen LogP contribution in [0.2, 0.25) is 5.02 Å². The van der Waals surface area contributed by atoms with Crippen molar-refractivity contribution < 1.29 is 14.3 Å². The zero-order chi connectivity index (χ0) is 20.3. The molecule has 2 aromatic carbocycles. The number of pyridine rings is 1. The first kappa shape index (κ1) is 20.0. The van der Waals surface area contributed by atoms with Crippen LogP contribution >= 0.6 is 11.6 Å². The summed E-state index contributed by atoms with van der Waals surface area (Å²) in [5, 5.41) is 16.9. The zero-order valence-electron chi connectivity index (χ0n) is 15.5. The number of rotatable bonds is 6. The molecule has 1 amide bonds. The normalized spacial score (nSPS) is 13.2. The summed E-state index contributed by atoms with van der Waals surface area (Å²) < 4.78 is 13.7. The van der Waals surface area contributed by atoms with Gasteiger partial charge < -0.3 is 15.7 Å². The van der Waals surface area contributed by atoms with E-state index in [-0.39, 0.29) is 29.6 Å². The molecule has 28 heavy (non-hydrogen) atoms. The molecule has 3 rings (SSSR count). The molecule has 2 unspecified atom stereocenters. The third kappa shape index (κ3) is 4.58. The first-order valence-corrected chi connectivity index (χ1v) is 9.28. The van der Waals surface area contributed by atoms with Crippen LogP contribution < -0.4 is 10.6 Å². The quantitative estimate of drug-likeness (QED) is 0.575. The monoisotopic (exact) mass is 401 g/mol. The van der Waals surface area contributed by atoms with E-state index in [1.54, 1.807) is 31.3 Å². The number of carbonyl (C=O) groups excluding carboxylic acids is 1. The van der Waals surface area contributed by atoms with E-state index in [4.69, 9.17) is 16.7 Å². The van der Waals surface area contributed by atoms with Gasteiger partial charge in [-0.05, 0) is 55.1 Å². The highest BCUT2D eigenvalue weighted by molar-refractivity contribution is 6.30. The number of aromatic nitrogens is 1. The molecule has 0 fully saturated rings. The van der Waals surface area contributed by atoms with Crippen LogP contribution in [-0.4, -0.2) is 28.6 Å². The Balaban J connectivity index is 1.79. The van der Waals surface area contributed by atoms with Crippen LogP contribution in [0.3, 0.4) is 0 Å². The van der Waals surface area contributed by atoms with Crippen molar-refractivity contribution >= 4 is 34.1 Å². The molecule has 3 N–H and O–H groups in total. The standard InChI is InChI=1S/C21H21ClFN3O2/c1-12(11-27)25-20-9-17-7-15(3-4-16(17)10-24-20)21(28)26-13(2)14-5-6-18(22)19(23)8-14/h3-10,12-13,27H,11H2,1-2H3,(H,24,25)(H,26,28). The topological polar surface area (TPSA) is 74.2 Å². The van der Waals surface area contributed by atoms with E-state index in [2.05, 4.69) is 15.6 Å². The van der Waals surface area contributed by atoms with Gasteiger partial charge in [-0.1, -0.05) is 23.7 Å². The number of aliphatic hydroxyl groups is 1. The van der Waals surface area contributed by atoms with Gasteiger partial charge in [0.2, 0.25) is 0 Å². The highest BCUT2D eigenvalue weighted by atomic mass is 35.5. The van der Waals surface area contributed by atoms with Crippen LogP contribution in [0.25, 0.3) is 10.8 Å². The van der Waals surface area contributed by atoms with Crippen molar-refractivity contribution in [3.8, 4) is 0 Å². The van der Waals surface area contributed by atoms with Crippen molar-refractivity contribution in [2.75, 3.05) is 11.9 Å². The molecule has 0 saturated carbocycles. The van der Waals surface area contributed by atoms with Crippen LogP contribution in [0.1, 0.15) is 35.8 Å². The maximum atomic E-state index is 13.7. The number of anilines is 1. The van der Waals surface area contributed by atoms with Crippen molar-refractivity contribution in [1.82, 2.24) is 10.3 Å². The summed E-state index contributed by atoms with van der Waals surface area (Å²) in [5.74, 6) is -0.160. The van der Waals surface area contributed by atoms with Gasteiger partial charge in [-0.15, -0.1) is 0 Å². The molecular formula is C21H21ClFN3O2. The molecule has 0 aliphatic heterocycles. The molecule has 7 heteroatoms. The molecule has 0 bridgehead atoms. The van der Waals surface area contributed by atoms with Crippen LogP contribution in [-0.2, 0) is 0 Å². The Bertz CT molecular complexity index is 1010. The summed E-state index contributed by atoms with van der Waals surface area (Å²) in [6.07, 6.45) is 1.71. The van der Waals surface area contributed by atoms with Gasteiger partial charge >= 0.3 is 0 Å². The average molecular weight is 402 g/mol. The first-order valence-electron chi connectivity index (χ1n) is 8.90. The second-order valence-electron chi connectivity index (χ2n) is 6.73. The van der Waals surface area contributed by atoms with E-state index < -0.39 is 5.82 Å². The molecule has 0 aliphatic carbocycles. The van der Waals surface area contributed by atoms with E-state index in [1.165, 1.54) is 12.1 Å². The number of amides is 1. The zero-order valence-corrected chi connectivity index (χ0v) is 16.3. The van der Waals surface area contributed by atoms with E-state index in [0.29, 0.717) is 16.9 Å². The number of carbonyl (C=O) groups is 1. The average Bonchev–Trinajstić information content (AvgIpc) is 2.69. The Morgan fingerprint density at radius 3 is 2.68 bits per heavy atom. The van der Waals surface area contributed by atoms with Gasteiger partial charge in [-0.25, -0.2) is 9.37 Å². The molecule has 2 atom stereocenters. The third-order valence-electron chi connectivity index (χ3n) is 4.44. The number of hydrogen-bond donors (Lipinski definition) is 3. The van der Waals surface area contributed by atoms with Crippen LogP contribution in [0.4, 0.5) is 10.2 Å². The molecule has 0 radical (unpaired) electrons. The predicted octanol–water partition coefficient (Wildman–Crippen LogP) is 4.31. The lowest BCUT2D eigenvalue weighted by Crippen LogP contribution is -2.26. The Hall–Kier alpha value is -2.70. The summed E-state index contributed by atoms with van der Waals surface area (Å²) in [6, 6.07) is 11.1. The minimum atomic E-state index is -0.518. The summed E-state index contributed by atoms with van der Waals surface area (Å²) in [4.78, 5) is 16.9. The molecule has 3 aromatic rings. The lowest BCUT2D eigenvalue weighted by atomic mass is 10.1. The molecular weight excluding hydrogens is 381 g/mol. The number of aliphatic hydroxyl groups excluding tert-OH is 1. The fourth-order valence-corrected chi connectivity index (χ4v) is 2.92. The van der Waals surface area contributed by atoms with Crippen LogP contribution in [0, 0.1) is 5.82 Å². The fourth-order valence-electron chi connectivity index (χ4n) is 2.80. The Morgan fingerprint density at radius 1 is 1.18 bits per heavy atom. The largest absolute Gasteiger partial charge is 0.394 e. The maximum Gasteiger partial charge on any atom is 0.251 e. The van der Waals surface area contributed by atoms with Gasteiger partial charge in [-0.3, -0.25) is 4.79 Å². The summed E-state index contributed by atoms with van der Waals surface area (Å²) >= 11 is 5.71. The van der Waals surface area contributed by atoms with E-state index in [9.17, 15) is 9.18 Å². The van der Waals surface area contributed by atoms with Gasteiger partial charge in [0.1, 0.15) is 11.6 Å². The number of benzene rings is 2. The summed E-state index contributed by atoms with van der Waals surface area (Å²) in [7, 11) is 0. The lowest BCUT2D eigenvalue weighted by molar-refractivity contribution is 0.0940. The first-order chi connectivity index (χ1) is 13.4. The molecule has 5 nitrogen and oxygen atoms in total. The lowest BCUT2D eigenvalue weighted by Gasteiger charge is -2.15. The van der Waals surface area contributed by atoms with Crippen molar-refractivity contribution in [2.45, 2.75) is 25.9 Å². The fraction of sp³-hybridized carbons (Fsp3) is 0.238. The van der Waals surface area contributed by atoms with Crippen molar-refractivity contribution in [1.29, 1.82) is 0 Å². The van der Waals surface area contributed by atoms with E-state index >= 15 is 0 Å². The smallest absolute Gasteiger partial charge is 0.251 e. The van der Waals surface area contributed by atoms with E-state index in [1.807, 2.05) is 19.1 Å². The second kappa shape index (κ2) is 8.54. The SMILES string of the molecule is CC(CO)Nc1cc2cc(C(=O)NC(C)c3ccc(Cl)c(F)c3)ccc2cn1. The number of halogens is 2. The van der Waals surface area contributed by atoms with Crippen molar-refractivity contribution in [3.05, 3.63) is 70.6 Å². The minimum absolute atomic E-state index is 0.00859. The Kier molecular flexibility index (Phi) is 6.11. The third-order valence-corrected chi connectivity index (χ3v) is 4.75. The predicted molar refractivity (Wildman–Crippen MR) is 109 cm³/mol. The van der Waals surface area contributed by atoms with Crippen LogP contribution in [0.5, 0.6) is 0 Å². The molecule has 146 valence electrons. The van der Waals surface area contributed by atoms with Gasteiger partial charge in [0.05, 0.1) is 17.7 Å². The maximum absolute atomic E-state index is 13.7. The number of fused-ring (bicyclic) bond motifs is 1. The summed E-state index contributed by atoms with van der Waals surface area (Å²) in [5.41, 5.74) is 1.12. The molecule has 0 spiro atoms. The molecule has 1 heterocycles. The second-order valence-corrected chi connectivity index (χ2v) is 7.14. The van der Waals surface area contributed by atoms with E-state index in [0.717, 1.165) is 10.8 Å². The molecule has 0 aliphatic rings. The highest BCUT2D eigenvalue weighted by Gasteiger charge is 2.14. The Labute approximate surface area is 167 Å².